The molecule has 0 aliphatic rings. The highest BCUT2D eigenvalue weighted by atomic mass is 16.6. The highest BCUT2D eigenvalue weighted by Gasteiger charge is 2.19. The predicted octanol–water partition coefficient (Wildman–Crippen LogP) is 15.1. The van der Waals surface area contributed by atoms with Crippen LogP contribution in [0.3, 0.4) is 0 Å². The van der Waals surface area contributed by atoms with Crippen LogP contribution in [-0.2, 0) is 28.6 Å². The Morgan fingerprint density at radius 1 is 0.357 bits per heavy atom. The van der Waals surface area contributed by atoms with Crippen LogP contribution in [-0.4, -0.2) is 37.2 Å². The van der Waals surface area contributed by atoms with Crippen LogP contribution in [0.1, 0.15) is 233 Å². The summed E-state index contributed by atoms with van der Waals surface area (Å²) in [5.74, 6) is -0.907. The minimum absolute atomic E-state index is 0.0806. The van der Waals surface area contributed by atoms with Crippen LogP contribution < -0.4 is 0 Å². The molecule has 6 nitrogen and oxygen atoms in total. The second kappa shape index (κ2) is 45.1. The number of hydrogen-bond acceptors (Lipinski definition) is 6. The number of unbranched alkanes of at least 4 members (excludes halogenated alkanes) is 23. The maximum Gasteiger partial charge on any atom is 0.306 e. The lowest BCUT2D eigenvalue weighted by Gasteiger charge is -2.18. The molecule has 6 heteroatoms. The third-order valence-electron chi connectivity index (χ3n) is 10.0. The van der Waals surface area contributed by atoms with Crippen LogP contribution in [0.5, 0.6) is 0 Å². The minimum Gasteiger partial charge on any atom is -0.462 e. The molecule has 0 heterocycles. The molecule has 1 unspecified atom stereocenters. The summed E-state index contributed by atoms with van der Waals surface area (Å²) in [5.41, 5.74) is 0. The van der Waals surface area contributed by atoms with Crippen molar-refractivity contribution in [3.63, 3.8) is 0 Å². The van der Waals surface area contributed by atoms with E-state index in [2.05, 4.69) is 69.4 Å². The first-order valence-corrected chi connectivity index (χ1v) is 23.6. The van der Waals surface area contributed by atoms with Gasteiger partial charge in [-0.1, -0.05) is 185 Å². The van der Waals surface area contributed by atoms with Crippen molar-refractivity contribution in [1.82, 2.24) is 0 Å². The fourth-order valence-corrected chi connectivity index (χ4v) is 6.45. The second-order valence-corrected chi connectivity index (χ2v) is 15.7. The molecule has 0 saturated heterocycles. The van der Waals surface area contributed by atoms with Crippen LogP contribution in [0.25, 0.3) is 0 Å². The molecule has 0 bridgehead atoms. The minimum atomic E-state index is -0.778. The molecule has 324 valence electrons. The Kier molecular flexibility index (Phi) is 43.0. The highest BCUT2D eigenvalue weighted by molar-refractivity contribution is 5.71. The highest BCUT2D eigenvalue weighted by Crippen LogP contribution is 2.14. The van der Waals surface area contributed by atoms with Crippen LogP contribution >= 0.6 is 0 Å². The second-order valence-electron chi connectivity index (χ2n) is 15.7. The van der Waals surface area contributed by atoms with Gasteiger partial charge in [-0.05, 0) is 77.0 Å². The zero-order valence-corrected chi connectivity index (χ0v) is 36.9. The Balaban J connectivity index is 4.33. The summed E-state index contributed by atoms with van der Waals surface area (Å²) in [4.78, 5) is 37.7. The molecule has 0 rings (SSSR count). The number of esters is 3. The van der Waals surface area contributed by atoms with Crippen LogP contribution in [0.15, 0.2) is 48.6 Å². The lowest BCUT2D eigenvalue weighted by Crippen LogP contribution is -2.30. The summed E-state index contributed by atoms with van der Waals surface area (Å²) >= 11 is 0. The lowest BCUT2D eigenvalue weighted by atomic mass is 10.1. The maximum atomic E-state index is 12.7. The van der Waals surface area contributed by atoms with Gasteiger partial charge >= 0.3 is 17.9 Å². The first kappa shape index (κ1) is 53.4. The molecule has 0 fully saturated rings. The van der Waals surface area contributed by atoms with E-state index in [1.54, 1.807) is 0 Å². The maximum absolute atomic E-state index is 12.7. The number of carbonyl (C=O) groups excluding carboxylic acids is 3. The fourth-order valence-electron chi connectivity index (χ4n) is 6.45. The quantitative estimate of drug-likeness (QED) is 0.0265. The molecular formula is C50H88O6. The Hall–Kier alpha value is -2.63. The summed E-state index contributed by atoms with van der Waals surface area (Å²) < 4.78 is 16.7. The van der Waals surface area contributed by atoms with Crippen molar-refractivity contribution in [2.75, 3.05) is 13.2 Å². The van der Waals surface area contributed by atoms with Gasteiger partial charge in [-0.15, -0.1) is 0 Å². The third-order valence-corrected chi connectivity index (χ3v) is 10.0. The van der Waals surface area contributed by atoms with E-state index >= 15 is 0 Å². The van der Waals surface area contributed by atoms with Gasteiger partial charge in [0.25, 0.3) is 0 Å². The first-order chi connectivity index (χ1) is 27.5. The van der Waals surface area contributed by atoms with Gasteiger partial charge in [-0.3, -0.25) is 14.4 Å². The zero-order valence-electron chi connectivity index (χ0n) is 36.9. The van der Waals surface area contributed by atoms with Gasteiger partial charge in [-0.25, -0.2) is 0 Å². The van der Waals surface area contributed by atoms with Gasteiger partial charge in [0, 0.05) is 19.3 Å². The summed E-state index contributed by atoms with van der Waals surface area (Å²) in [5, 5.41) is 0. The van der Waals surface area contributed by atoms with Gasteiger partial charge in [0.1, 0.15) is 13.2 Å². The average molecular weight is 785 g/mol. The Bertz CT molecular complexity index is 996. The van der Waals surface area contributed by atoms with Crippen LogP contribution in [0, 0.1) is 0 Å². The van der Waals surface area contributed by atoms with E-state index in [0.717, 1.165) is 103 Å². The summed E-state index contributed by atoms with van der Waals surface area (Å²) in [6.45, 7) is 6.49. The number of allylic oxidation sites excluding steroid dienone is 8. The van der Waals surface area contributed by atoms with Crippen LogP contribution in [0.2, 0.25) is 0 Å². The fraction of sp³-hybridized carbons (Fsp3) is 0.780. The molecule has 56 heavy (non-hydrogen) atoms. The molecule has 1 atom stereocenters. The van der Waals surface area contributed by atoms with Gasteiger partial charge < -0.3 is 14.2 Å². The predicted molar refractivity (Wildman–Crippen MR) is 238 cm³/mol. The standard InChI is InChI=1S/C50H88O6/c1-4-7-10-13-16-19-21-23-24-25-26-28-29-31-34-37-40-43-49(52)55-46-47(45-54-48(51)42-39-36-33-18-15-12-9-6-3)56-50(53)44-41-38-35-32-30-27-22-20-17-14-11-8-5-2/h11,14,16,19-20,22-24,47H,4-10,12-13,15,17-18,21,25-46H2,1-3H3/b14-11-,19-16-,22-20-,24-23-. The monoisotopic (exact) mass is 785 g/mol. The zero-order chi connectivity index (χ0) is 40.8. The normalized spacial score (nSPS) is 12.4. The van der Waals surface area contributed by atoms with Crippen molar-refractivity contribution in [3.05, 3.63) is 48.6 Å². The van der Waals surface area contributed by atoms with Crippen molar-refractivity contribution in [1.29, 1.82) is 0 Å². The van der Waals surface area contributed by atoms with E-state index in [0.29, 0.717) is 19.3 Å². The average Bonchev–Trinajstić information content (AvgIpc) is 3.19. The Morgan fingerprint density at radius 2 is 0.679 bits per heavy atom. The van der Waals surface area contributed by atoms with E-state index < -0.39 is 6.10 Å². The summed E-state index contributed by atoms with van der Waals surface area (Å²) in [6, 6.07) is 0. The van der Waals surface area contributed by atoms with Crippen molar-refractivity contribution in [2.24, 2.45) is 0 Å². The van der Waals surface area contributed by atoms with Gasteiger partial charge in [0.15, 0.2) is 6.10 Å². The Morgan fingerprint density at radius 3 is 1.09 bits per heavy atom. The molecule has 0 amide bonds. The van der Waals surface area contributed by atoms with Crippen molar-refractivity contribution in [3.8, 4) is 0 Å². The molecule has 0 N–H and O–H groups in total. The number of ether oxygens (including phenoxy) is 3. The van der Waals surface area contributed by atoms with Gasteiger partial charge in [0.05, 0.1) is 0 Å². The van der Waals surface area contributed by atoms with E-state index in [-0.39, 0.29) is 31.1 Å². The van der Waals surface area contributed by atoms with Gasteiger partial charge in [0.2, 0.25) is 0 Å². The molecule has 0 aromatic carbocycles. The molecule has 0 aromatic heterocycles. The number of rotatable bonds is 42. The van der Waals surface area contributed by atoms with Crippen molar-refractivity contribution >= 4 is 17.9 Å². The summed E-state index contributed by atoms with van der Waals surface area (Å²) in [6.07, 6.45) is 52.4. The third kappa shape index (κ3) is 42.5. The Labute approximate surface area is 346 Å². The van der Waals surface area contributed by atoms with E-state index in [1.165, 1.54) is 89.9 Å². The number of hydrogen-bond donors (Lipinski definition) is 0. The molecular weight excluding hydrogens is 697 g/mol. The van der Waals surface area contributed by atoms with E-state index in [4.69, 9.17) is 14.2 Å². The van der Waals surface area contributed by atoms with Crippen molar-refractivity contribution < 1.29 is 28.6 Å². The SMILES string of the molecule is CCC/C=C\C/C=C\CCCCCCCC(=O)OC(COC(=O)CCCCCCCCCC)COC(=O)CCCCCCCCC/C=C\C/C=C\CCCCC. The van der Waals surface area contributed by atoms with E-state index in [9.17, 15) is 14.4 Å². The summed E-state index contributed by atoms with van der Waals surface area (Å²) in [7, 11) is 0. The first-order valence-electron chi connectivity index (χ1n) is 23.6. The number of carbonyl (C=O) groups is 3. The molecule has 0 radical (unpaired) electrons. The van der Waals surface area contributed by atoms with Crippen LogP contribution in [0.4, 0.5) is 0 Å². The molecule has 0 spiro atoms. The lowest BCUT2D eigenvalue weighted by molar-refractivity contribution is -0.167. The molecule has 0 aliphatic heterocycles. The molecule has 0 aromatic rings. The van der Waals surface area contributed by atoms with Gasteiger partial charge in [-0.2, -0.15) is 0 Å². The van der Waals surface area contributed by atoms with Crippen molar-refractivity contribution in [2.45, 2.75) is 239 Å². The largest absolute Gasteiger partial charge is 0.462 e. The smallest absolute Gasteiger partial charge is 0.306 e. The van der Waals surface area contributed by atoms with E-state index in [1.807, 2.05) is 0 Å². The molecule has 0 saturated carbocycles. The molecule has 0 aliphatic carbocycles. The topological polar surface area (TPSA) is 78.9 Å².